The molecule has 0 aliphatic carbocycles. The van der Waals surface area contributed by atoms with Gasteiger partial charge in [-0.1, -0.05) is 11.6 Å². The molecule has 1 amide bonds. The molecule has 1 fully saturated rings. The molecule has 1 saturated heterocycles. The maximum atomic E-state index is 12.7. The third-order valence-electron chi connectivity index (χ3n) is 5.53. The number of aromatic nitrogens is 2. The molecule has 1 aliphatic rings. The summed E-state index contributed by atoms with van der Waals surface area (Å²) in [5.74, 6) is 1.44. The fourth-order valence-corrected chi connectivity index (χ4v) is 5.10. The zero-order valence-electron chi connectivity index (χ0n) is 18.2. The summed E-state index contributed by atoms with van der Waals surface area (Å²) >= 11 is 6.17. The predicted octanol–water partition coefficient (Wildman–Crippen LogP) is 5.01. The first-order valence-electron chi connectivity index (χ1n) is 10.3. The van der Waals surface area contributed by atoms with Crippen LogP contribution in [-0.2, 0) is 0 Å². The Bertz CT molecular complexity index is 1240. The first-order chi connectivity index (χ1) is 15.7. The summed E-state index contributed by atoms with van der Waals surface area (Å²) in [6, 6.07) is 14.0. The molecule has 0 radical (unpaired) electrons. The second-order valence-corrected chi connectivity index (χ2v) is 10.6. The van der Waals surface area contributed by atoms with Crippen LogP contribution in [0, 0.1) is 25.2 Å². The Kier molecular flexibility index (Phi) is 6.36. The first kappa shape index (κ1) is 23.1. The summed E-state index contributed by atoms with van der Waals surface area (Å²) in [5.41, 5.74) is 3.07. The van der Waals surface area contributed by atoms with E-state index >= 15 is 0 Å². The molecule has 4 rings (SSSR count). The van der Waals surface area contributed by atoms with Crippen molar-refractivity contribution in [2.75, 3.05) is 24.6 Å². The van der Waals surface area contributed by atoms with Gasteiger partial charge in [-0.15, -0.1) is 0 Å². The van der Waals surface area contributed by atoms with Gasteiger partial charge in [0.1, 0.15) is 17.5 Å². The fraction of sp³-hybridized carbons (Fsp3) is 0.261. The molecule has 1 aromatic heterocycles. The number of amides is 1. The number of carbonyl (C=O) groups is 1. The zero-order valence-corrected chi connectivity index (χ0v) is 19.7. The van der Waals surface area contributed by atoms with Crippen LogP contribution in [0.4, 0.5) is 0 Å². The Hall–Kier alpha value is -3.03. The van der Waals surface area contributed by atoms with Crippen molar-refractivity contribution in [3.8, 4) is 23.3 Å². The molecule has 8 nitrogen and oxygen atoms in total. The molecule has 10 heteroatoms. The summed E-state index contributed by atoms with van der Waals surface area (Å²) in [6.07, 6.45) is 0. The molecular weight excluding hydrogens is 464 g/mol. The maximum absolute atomic E-state index is 12.7. The molecule has 2 N–H and O–H groups in total. The lowest BCUT2D eigenvalue weighted by molar-refractivity contribution is 0.0768. The van der Waals surface area contributed by atoms with E-state index in [0.717, 1.165) is 5.69 Å². The average molecular weight is 487 g/mol. The van der Waals surface area contributed by atoms with Gasteiger partial charge >= 0.3 is 0 Å². The SMILES string of the molecule is Cc1nn(-c2ccc(C#N)c(Cl)c2)c(C)c1Oc1ccc(C(=O)N2CCS(O)(O)CC2)cc1. The van der Waals surface area contributed by atoms with Crippen molar-refractivity contribution in [3.05, 3.63) is 70.0 Å². The van der Waals surface area contributed by atoms with Crippen LogP contribution in [0.2, 0.25) is 5.02 Å². The Morgan fingerprint density at radius 2 is 1.82 bits per heavy atom. The van der Waals surface area contributed by atoms with E-state index in [2.05, 4.69) is 5.10 Å². The summed E-state index contributed by atoms with van der Waals surface area (Å²) < 4.78 is 27.2. The van der Waals surface area contributed by atoms with Gasteiger partial charge in [0.2, 0.25) is 0 Å². The van der Waals surface area contributed by atoms with Gasteiger partial charge in [-0.05, 0) is 56.3 Å². The molecule has 0 unspecified atom stereocenters. The van der Waals surface area contributed by atoms with E-state index in [9.17, 15) is 13.9 Å². The van der Waals surface area contributed by atoms with Crippen molar-refractivity contribution in [2.45, 2.75) is 13.8 Å². The van der Waals surface area contributed by atoms with Gasteiger partial charge in [0.15, 0.2) is 5.75 Å². The van der Waals surface area contributed by atoms with Crippen molar-refractivity contribution in [1.29, 1.82) is 5.26 Å². The highest BCUT2D eigenvalue weighted by molar-refractivity contribution is 8.24. The smallest absolute Gasteiger partial charge is 0.253 e. The van der Waals surface area contributed by atoms with E-state index in [0.29, 0.717) is 52.1 Å². The quantitative estimate of drug-likeness (QED) is 0.536. The fourth-order valence-electron chi connectivity index (χ4n) is 3.65. The van der Waals surface area contributed by atoms with Crippen LogP contribution in [-0.4, -0.2) is 54.3 Å². The Balaban J connectivity index is 1.50. The van der Waals surface area contributed by atoms with Crippen molar-refractivity contribution in [2.24, 2.45) is 0 Å². The lowest BCUT2D eigenvalue weighted by Gasteiger charge is -2.40. The number of nitrogens with zero attached hydrogens (tertiary/aromatic N) is 4. The molecule has 33 heavy (non-hydrogen) atoms. The number of halogens is 1. The van der Waals surface area contributed by atoms with Gasteiger partial charge in [-0.3, -0.25) is 13.9 Å². The number of benzene rings is 2. The summed E-state index contributed by atoms with van der Waals surface area (Å²) in [6.45, 7) is 4.37. The minimum atomic E-state index is -2.55. The molecule has 0 spiro atoms. The highest BCUT2D eigenvalue weighted by Crippen LogP contribution is 2.40. The Labute approximate surface area is 198 Å². The lowest BCUT2D eigenvalue weighted by Crippen LogP contribution is -2.42. The molecule has 2 aromatic carbocycles. The van der Waals surface area contributed by atoms with E-state index in [-0.39, 0.29) is 17.4 Å². The highest BCUT2D eigenvalue weighted by Gasteiger charge is 2.26. The second kappa shape index (κ2) is 9.08. The van der Waals surface area contributed by atoms with Crippen LogP contribution < -0.4 is 4.74 Å². The molecule has 0 atom stereocenters. The van der Waals surface area contributed by atoms with Gasteiger partial charge in [-0.25, -0.2) is 4.68 Å². The monoisotopic (exact) mass is 486 g/mol. The minimum Gasteiger partial charge on any atom is -0.453 e. The van der Waals surface area contributed by atoms with Crippen LogP contribution in [0.15, 0.2) is 42.5 Å². The standard InChI is InChI=1S/C23H23ClN4O4S/c1-15-22(16(2)28(26-15)19-6-3-18(14-25)21(24)13-19)32-20-7-4-17(5-8-20)23(29)27-9-11-33(30,31)12-10-27/h3-8,13,30-31H,9-12H2,1-2H3. The number of aryl methyl sites for hydroxylation is 1. The number of ether oxygens (including phenoxy) is 1. The van der Waals surface area contributed by atoms with Crippen molar-refractivity contribution in [1.82, 2.24) is 14.7 Å². The van der Waals surface area contributed by atoms with Crippen LogP contribution in [0.3, 0.4) is 0 Å². The van der Waals surface area contributed by atoms with E-state index in [1.165, 1.54) is 0 Å². The largest absolute Gasteiger partial charge is 0.453 e. The van der Waals surface area contributed by atoms with Crippen molar-refractivity contribution < 1.29 is 18.6 Å². The third-order valence-corrected chi connectivity index (χ3v) is 7.51. The number of hydrogen-bond donors (Lipinski definition) is 2. The van der Waals surface area contributed by atoms with Crippen LogP contribution in [0.5, 0.6) is 11.5 Å². The molecule has 0 saturated carbocycles. The number of rotatable bonds is 4. The summed E-state index contributed by atoms with van der Waals surface area (Å²) in [4.78, 5) is 14.3. The van der Waals surface area contributed by atoms with Gasteiger partial charge in [0, 0.05) is 18.7 Å². The minimum absolute atomic E-state index is 0.144. The zero-order chi connectivity index (χ0) is 23.8. The van der Waals surface area contributed by atoms with Crippen LogP contribution >= 0.6 is 22.2 Å². The molecule has 3 aromatic rings. The molecule has 2 heterocycles. The maximum Gasteiger partial charge on any atom is 0.253 e. The summed E-state index contributed by atoms with van der Waals surface area (Å²) in [5, 5.41) is 14.0. The van der Waals surface area contributed by atoms with Crippen molar-refractivity contribution >= 4 is 28.1 Å². The molecular formula is C23H23ClN4O4S. The lowest BCUT2D eigenvalue weighted by atomic mass is 10.2. The van der Waals surface area contributed by atoms with Crippen LogP contribution in [0.25, 0.3) is 5.69 Å². The summed E-state index contributed by atoms with van der Waals surface area (Å²) in [7, 11) is -2.55. The average Bonchev–Trinajstić information content (AvgIpc) is 3.07. The van der Waals surface area contributed by atoms with E-state index in [4.69, 9.17) is 21.6 Å². The number of hydrogen-bond acceptors (Lipinski definition) is 6. The first-order valence-corrected chi connectivity index (χ1v) is 12.5. The number of nitriles is 1. The third kappa shape index (κ3) is 4.84. The predicted molar refractivity (Wildman–Crippen MR) is 128 cm³/mol. The number of carbonyl (C=O) groups excluding carboxylic acids is 1. The van der Waals surface area contributed by atoms with E-state index in [1.807, 2.05) is 19.9 Å². The molecule has 172 valence electrons. The normalized spacial score (nSPS) is 16.2. The van der Waals surface area contributed by atoms with Gasteiger partial charge < -0.3 is 9.64 Å². The van der Waals surface area contributed by atoms with Gasteiger partial charge in [-0.2, -0.15) is 21.0 Å². The second-order valence-electron chi connectivity index (χ2n) is 7.82. The van der Waals surface area contributed by atoms with E-state index < -0.39 is 10.6 Å². The van der Waals surface area contributed by atoms with Gasteiger partial charge in [0.05, 0.1) is 33.5 Å². The molecule has 0 bridgehead atoms. The topological polar surface area (TPSA) is 112 Å². The van der Waals surface area contributed by atoms with Crippen LogP contribution in [0.1, 0.15) is 27.3 Å². The Morgan fingerprint density at radius 3 is 2.42 bits per heavy atom. The molecule has 1 aliphatic heterocycles. The Morgan fingerprint density at radius 1 is 1.15 bits per heavy atom. The van der Waals surface area contributed by atoms with Crippen molar-refractivity contribution in [3.63, 3.8) is 0 Å². The van der Waals surface area contributed by atoms with Gasteiger partial charge in [0.25, 0.3) is 5.91 Å². The van der Waals surface area contributed by atoms with E-state index in [1.54, 1.807) is 52.0 Å². The highest BCUT2D eigenvalue weighted by atomic mass is 35.5.